The standard InChI is InChI=1S/C14H13F2NO5S2/c1-8(18)13(19)17-12-7-6-11(23(12)24(20)21)9-2-4-10(5-3-9)22-14(15)16/h2-8,14,18H,1H3,(H,17,19). The molecular weight excluding hydrogens is 364 g/mol. The lowest BCUT2D eigenvalue weighted by Crippen LogP contribution is -2.32. The number of carbonyl (C=O) groups is 1. The lowest BCUT2D eigenvalue weighted by atomic mass is 10.2. The summed E-state index contributed by atoms with van der Waals surface area (Å²) in [6, 6.07) is 5.49. The van der Waals surface area contributed by atoms with Crippen molar-refractivity contribution >= 4 is 29.5 Å². The highest BCUT2D eigenvalue weighted by atomic mass is 32.9. The molecule has 1 aliphatic rings. The molecule has 0 saturated heterocycles. The number of carbonyl (C=O) groups excluding carboxylic acids is 1. The number of hydrogen-bond acceptors (Lipinski definition) is 5. The van der Waals surface area contributed by atoms with Crippen LogP contribution in [0.25, 0.3) is 4.91 Å². The van der Waals surface area contributed by atoms with Crippen molar-refractivity contribution in [3.63, 3.8) is 0 Å². The van der Waals surface area contributed by atoms with Gasteiger partial charge in [-0.05, 0) is 36.8 Å². The summed E-state index contributed by atoms with van der Waals surface area (Å²) in [6.07, 6.45) is 1.66. The molecule has 1 aromatic rings. The number of halogens is 2. The van der Waals surface area contributed by atoms with Gasteiger partial charge >= 0.3 is 6.61 Å². The third kappa shape index (κ3) is 4.28. The van der Waals surface area contributed by atoms with Crippen LogP contribution in [0.4, 0.5) is 8.78 Å². The summed E-state index contributed by atoms with van der Waals surface area (Å²) >= 11 is 0. The molecule has 6 nitrogen and oxygen atoms in total. The molecule has 2 rings (SSSR count). The smallest absolute Gasteiger partial charge is 0.387 e. The number of rotatable bonds is 5. The fraction of sp³-hybridized carbons (Fsp3) is 0.214. The van der Waals surface area contributed by atoms with Gasteiger partial charge in [0.1, 0.15) is 11.9 Å². The molecule has 24 heavy (non-hydrogen) atoms. The first-order valence-corrected chi connectivity index (χ1v) is 9.41. The van der Waals surface area contributed by atoms with E-state index in [0.717, 1.165) is 0 Å². The van der Waals surface area contributed by atoms with Crippen molar-refractivity contribution in [1.29, 1.82) is 0 Å². The highest BCUT2D eigenvalue weighted by molar-refractivity contribution is 8.40. The van der Waals surface area contributed by atoms with Gasteiger partial charge in [-0.25, -0.2) is 0 Å². The second-order valence-corrected chi connectivity index (χ2v) is 8.24. The van der Waals surface area contributed by atoms with E-state index < -0.39 is 37.3 Å². The number of aliphatic hydroxyl groups is 1. The molecule has 0 aliphatic carbocycles. The van der Waals surface area contributed by atoms with E-state index in [-0.39, 0.29) is 10.8 Å². The minimum absolute atomic E-state index is 0.0499. The fourth-order valence-electron chi connectivity index (χ4n) is 1.86. The minimum atomic E-state index is -2.95. The average Bonchev–Trinajstić information content (AvgIpc) is 2.91. The number of benzene rings is 1. The van der Waals surface area contributed by atoms with E-state index in [0.29, 0.717) is 10.5 Å². The van der Waals surface area contributed by atoms with E-state index in [1.54, 1.807) is 0 Å². The van der Waals surface area contributed by atoms with Crippen molar-refractivity contribution in [2.45, 2.75) is 19.6 Å². The first-order valence-electron chi connectivity index (χ1n) is 6.59. The maximum atomic E-state index is 12.1. The second kappa shape index (κ2) is 7.69. The molecule has 0 fully saturated rings. The Hall–Kier alpha value is -2.04. The fourth-order valence-corrected chi connectivity index (χ4v) is 4.94. The number of alkyl halides is 2. The van der Waals surface area contributed by atoms with Gasteiger partial charge in [-0.3, -0.25) is 4.79 Å². The third-order valence-corrected chi connectivity index (χ3v) is 6.49. The van der Waals surface area contributed by atoms with E-state index in [4.69, 9.17) is 0 Å². The molecule has 0 saturated carbocycles. The van der Waals surface area contributed by atoms with Gasteiger partial charge in [0.05, 0.1) is 5.03 Å². The summed E-state index contributed by atoms with van der Waals surface area (Å²) in [7, 11) is -4.01. The predicted octanol–water partition coefficient (Wildman–Crippen LogP) is 1.39. The van der Waals surface area contributed by atoms with E-state index in [1.165, 1.54) is 43.3 Å². The molecule has 10 heteroatoms. The van der Waals surface area contributed by atoms with E-state index in [9.17, 15) is 27.1 Å². The summed E-state index contributed by atoms with van der Waals surface area (Å²) < 4.78 is 51.6. The van der Waals surface area contributed by atoms with Crippen molar-refractivity contribution in [3.8, 4) is 5.75 Å². The van der Waals surface area contributed by atoms with Gasteiger partial charge in [-0.1, -0.05) is 12.1 Å². The van der Waals surface area contributed by atoms with Gasteiger partial charge in [-0.15, -0.1) is 0 Å². The maximum absolute atomic E-state index is 12.1. The summed E-state index contributed by atoms with van der Waals surface area (Å²) in [5, 5.41) is 11.7. The molecule has 2 atom stereocenters. The Labute approximate surface area is 139 Å². The molecular formula is C14H13F2NO5S2. The Kier molecular flexibility index (Phi) is 5.86. The molecule has 0 aromatic heterocycles. The molecule has 1 heterocycles. The summed E-state index contributed by atoms with van der Waals surface area (Å²) in [4.78, 5) is 11.9. The first-order chi connectivity index (χ1) is 11.3. The zero-order chi connectivity index (χ0) is 17.9. The van der Waals surface area contributed by atoms with Gasteiger partial charge in [0, 0.05) is 14.4 Å². The summed E-state index contributed by atoms with van der Waals surface area (Å²) in [5.74, 6) is -0.773. The third-order valence-electron chi connectivity index (χ3n) is 2.91. The molecule has 0 spiro atoms. The van der Waals surface area contributed by atoms with Crippen LogP contribution < -0.4 is 10.1 Å². The van der Waals surface area contributed by atoms with E-state index in [1.807, 2.05) is 0 Å². The van der Waals surface area contributed by atoms with Crippen molar-refractivity contribution in [1.82, 2.24) is 5.32 Å². The molecule has 0 bridgehead atoms. The van der Waals surface area contributed by atoms with Crippen LogP contribution in [0.15, 0.2) is 41.4 Å². The van der Waals surface area contributed by atoms with Crippen LogP contribution in [-0.4, -0.2) is 32.1 Å². The van der Waals surface area contributed by atoms with Crippen LogP contribution in [-0.2, 0) is 23.5 Å². The molecule has 1 aromatic carbocycles. The monoisotopic (exact) mass is 377 g/mol. The Bertz CT molecular complexity index is 834. The highest BCUT2D eigenvalue weighted by Gasteiger charge is 2.22. The number of ether oxygens (including phenoxy) is 1. The molecule has 2 unspecified atom stereocenters. The number of amides is 1. The second-order valence-electron chi connectivity index (χ2n) is 4.60. The van der Waals surface area contributed by atoms with E-state index >= 15 is 0 Å². The van der Waals surface area contributed by atoms with Crippen LogP contribution in [0.1, 0.15) is 12.5 Å². The largest absolute Gasteiger partial charge is 0.435 e. The Morgan fingerprint density at radius 2 is 1.88 bits per heavy atom. The van der Waals surface area contributed by atoms with Crippen molar-refractivity contribution in [2.24, 2.45) is 0 Å². The lowest BCUT2D eigenvalue weighted by Gasteiger charge is -2.11. The molecule has 1 aliphatic heterocycles. The Balaban J connectivity index is 2.27. The maximum Gasteiger partial charge on any atom is 0.387 e. The van der Waals surface area contributed by atoms with Crippen LogP contribution in [0.2, 0.25) is 0 Å². The van der Waals surface area contributed by atoms with Gasteiger partial charge < -0.3 is 15.2 Å². The van der Waals surface area contributed by atoms with Crippen LogP contribution in [0, 0.1) is 0 Å². The van der Waals surface area contributed by atoms with Gasteiger partial charge in [-0.2, -0.15) is 17.2 Å². The van der Waals surface area contributed by atoms with Crippen molar-refractivity contribution in [3.05, 3.63) is 47.0 Å². The van der Waals surface area contributed by atoms with Crippen LogP contribution in [0.3, 0.4) is 0 Å². The van der Waals surface area contributed by atoms with Crippen molar-refractivity contribution < 1.29 is 31.8 Å². The van der Waals surface area contributed by atoms with Crippen LogP contribution >= 0.6 is 0 Å². The number of aliphatic hydroxyl groups excluding tert-OH is 1. The molecule has 130 valence electrons. The average molecular weight is 377 g/mol. The zero-order valence-electron chi connectivity index (χ0n) is 12.3. The Morgan fingerprint density at radius 1 is 1.25 bits per heavy atom. The predicted molar refractivity (Wildman–Crippen MR) is 85.2 cm³/mol. The first kappa shape index (κ1) is 18.3. The lowest BCUT2D eigenvalue weighted by molar-refractivity contribution is -0.127. The molecule has 1 amide bonds. The minimum Gasteiger partial charge on any atom is -0.435 e. The molecule has 0 radical (unpaired) electrons. The number of allylic oxidation sites excluding steroid dienone is 2. The van der Waals surface area contributed by atoms with Gasteiger partial charge in [0.15, 0.2) is 0 Å². The normalized spacial score (nSPS) is 18.0. The zero-order valence-corrected chi connectivity index (χ0v) is 13.9. The van der Waals surface area contributed by atoms with Gasteiger partial charge in [0.2, 0.25) is 0 Å². The molecule has 2 N–H and O–H groups in total. The topological polar surface area (TPSA) is 92.7 Å². The Morgan fingerprint density at radius 3 is 2.38 bits per heavy atom. The summed E-state index contributed by atoms with van der Waals surface area (Å²) in [6.45, 7) is -1.69. The van der Waals surface area contributed by atoms with Gasteiger partial charge in [0.25, 0.3) is 15.2 Å². The highest BCUT2D eigenvalue weighted by Crippen LogP contribution is 2.30. The van der Waals surface area contributed by atoms with E-state index in [2.05, 4.69) is 10.1 Å². The SMILES string of the molecule is CC(O)C(=O)NC1=CC=C(c2ccc(OC(F)F)cc2)S1=S(=O)=O. The van der Waals surface area contributed by atoms with Crippen LogP contribution in [0.5, 0.6) is 5.75 Å². The summed E-state index contributed by atoms with van der Waals surface area (Å²) in [5.41, 5.74) is 0.488. The number of hydrogen-bond donors (Lipinski definition) is 2. The quantitative estimate of drug-likeness (QED) is 0.809. The van der Waals surface area contributed by atoms with Crippen molar-refractivity contribution in [2.75, 3.05) is 0 Å². The number of nitrogens with one attached hydrogen (secondary N) is 1.